The van der Waals surface area contributed by atoms with Gasteiger partial charge in [-0.2, -0.15) is 0 Å². The van der Waals surface area contributed by atoms with Crippen LogP contribution in [0.3, 0.4) is 0 Å². The molecule has 0 saturated heterocycles. The van der Waals surface area contributed by atoms with Crippen LogP contribution >= 0.6 is 23.5 Å². The van der Waals surface area contributed by atoms with Crippen LogP contribution < -0.4 is 21.3 Å². The molecule has 3 aliphatic heterocycles. The number of para-hydroxylation sites is 2. The monoisotopic (exact) mass is 579 g/mol. The van der Waals surface area contributed by atoms with Crippen molar-refractivity contribution in [3.05, 3.63) is 119 Å². The van der Waals surface area contributed by atoms with E-state index < -0.39 is 0 Å². The molecule has 0 amide bonds. The molecule has 5 aromatic carbocycles. The van der Waals surface area contributed by atoms with E-state index in [9.17, 15) is 0 Å². The minimum Gasteiger partial charge on any atom is -0.308 e. The fraction of sp³-hybridized carbons (Fsp3) is 0.211. The Morgan fingerprint density at radius 3 is 2.17 bits per heavy atom. The first-order chi connectivity index (χ1) is 20.4. The van der Waals surface area contributed by atoms with Crippen molar-refractivity contribution < 1.29 is 0 Å². The first-order valence-corrected chi connectivity index (χ1v) is 16.8. The van der Waals surface area contributed by atoms with E-state index in [0.717, 1.165) is 0 Å². The lowest BCUT2D eigenvalue weighted by molar-refractivity contribution is 0.822. The Morgan fingerprint density at radius 1 is 0.643 bits per heavy atom. The number of rotatable bonds is 2. The second kappa shape index (κ2) is 9.86. The molecule has 42 heavy (non-hydrogen) atoms. The average Bonchev–Trinajstić information content (AvgIpc) is 3.00. The Morgan fingerprint density at radius 2 is 1.36 bits per heavy atom. The van der Waals surface area contributed by atoms with E-state index in [4.69, 9.17) is 0 Å². The second-order valence-electron chi connectivity index (χ2n) is 12.5. The van der Waals surface area contributed by atoms with Crippen molar-refractivity contribution in [1.82, 2.24) is 0 Å². The van der Waals surface area contributed by atoms with Crippen molar-refractivity contribution >= 4 is 63.7 Å². The third kappa shape index (κ3) is 3.88. The lowest BCUT2D eigenvalue weighted by atomic mass is 9.34. The first kappa shape index (κ1) is 26.3. The van der Waals surface area contributed by atoms with Crippen LogP contribution in [0.25, 0.3) is 0 Å². The summed E-state index contributed by atoms with van der Waals surface area (Å²) in [5.74, 6) is 1.12. The van der Waals surface area contributed by atoms with Crippen molar-refractivity contribution in [2.45, 2.75) is 72.0 Å². The van der Waals surface area contributed by atoms with Gasteiger partial charge in [-0.3, -0.25) is 0 Å². The van der Waals surface area contributed by atoms with Gasteiger partial charge in [0.2, 0.25) is 6.71 Å². The maximum atomic E-state index is 2.56. The quantitative estimate of drug-likeness (QED) is 0.188. The molecule has 0 radical (unpaired) electrons. The molecule has 1 nitrogen and oxygen atoms in total. The topological polar surface area (TPSA) is 3.24 Å². The van der Waals surface area contributed by atoms with Crippen LogP contribution in [0.15, 0.2) is 117 Å². The fourth-order valence-corrected chi connectivity index (χ4v) is 9.46. The van der Waals surface area contributed by atoms with E-state index in [-0.39, 0.29) is 12.6 Å². The SMILES string of the molecule is CC(C)c1cc(C(C)C)c2c(c1)C(C)c1cccc3c1N(c1ccc4c(c1)B2c1ccccc1S4)c1ccccc1S3. The van der Waals surface area contributed by atoms with Crippen molar-refractivity contribution in [1.29, 1.82) is 0 Å². The summed E-state index contributed by atoms with van der Waals surface area (Å²) in [7, 11) is 0. The van der Waals surface area contributed by atoms with Crippen LogP contribution in [0.1, 0.15) is 74.6 Å². The molecule has 0 aliphatic carbocycles. The molecule has 2 bridgehead atoms. The van der Waals surface area contributed by atoms with E-state index in [1.807, 2.05) is 23.5 Å². The highest BCUT2D eigenvalue weighted by molar-refractivity contribution is 8.00. The number of hydrogen-bond donors (Lipinski definition) is 0. The number of benzene rings is 5. The van der Waals surface area contributed by atoms with Gasteiger partial charge in [0.05, 0.1) is 11.4 Å². The normalized spacial score (nSPS) is 16.1. The number of hydrogen-bond acceptors (Lipinski definition) is 3. The standard InChI is InChI=1S/C38H34BNS2/c1-22(2)25-19-28(23(3)4)37-29(20-25)24(5)27-11-10-16-36-38(27)40(32-13-7-9-15-35(32)42-36)26-17-18-34-31(21-26)39(37)30-12-6-8-14-33(30)41-34/h6-24H,1-5H3. The van der Waals surface area contributed by atoms with Crippen molar-refractivity contribution in [2.24, 2.45) is 0 Å². The minimum atomic E-state index is 0.188. The van der Waals surface area contributed by atoms with Crippen LogP contribution in [0.5, 0.6) is 0 Å². The zero-order valence-electron chi connectivity index (χ0n) is 24.8. The lowest BCUT2D eigenvalue weighted by Gasteiger charge is -2.39. The van der Waals surface area contributed by atoms with E-state index in [1.54, 1.807) is 0 Å². The van der Waals surface area contributed by atoms with E-state index >= 15 is 0 Å². The summed E-state index contributed by atoms with van der Waals surface area (Å²) >= 11 is 3.84. The van der Waals surface area contributed by atoms with Crippen LogP contribution in [0.4, 0.5) is 17.1 Å². The maximum Gasteiger partial charge on any atom is 0.244 e. The first-order valence-electron chi connectivity index (χ1n) is 15.2. The number of nitrogens with zero attached hydrogens (tertiary/aromatic N) is 1. The molecule has 8 rings (SSSR count). The van der Waals surface area contributed by atoms with Crippen molar-refractivity contribution in [3.8, 4) is 0 Å². The van der Waals surface area contributed by atoms with E-state index in [0.29, 0.717) is 11.8 Å². The highest BCUT2D eigenvalue weighted by atomic mass is 32.2. The maximum absolute atomic E-state index is 2.56. The second-order valence-corrected chi connectivity index (χ2v) is 14.7. The third-order valence-corrected chi connectivity index (χ3v) is 11.7. The summed E-state index contributed by atoms with van der Waals surface area (Å²) in [4.78, 5) is 7.94. The van der Waals surface area contributed by atoms with E-state index in [1.165, 1.54) is 75.3 Å². The molecule has 0 spiro atoms. The summed E-state index contributed by atoms with van der Waals surface area (Å²) < 4.78 is 0. The van der Waals surface area contributed by atoms with Gasteiger partial charge in [0.25, 0.3) is 0 Å². The van der Waals surface area contributed by atoms with Gasteiger partial charge in [0.15, 0.2) is 0 Å². The van der Waals surface area contributed by atoms with Crippen molar-refractivity contribution in [2.75, 3.05) is 4.90 Å². The minimum absolute atomic E-state index is 0.188. The molecule has 5 aromatic rings. The van der Waals surface area contributed by atoms with Gasteiger partial charge in [-0.05, 0) is 76.6 Å². The van der Waals surface area contributed by atoms with Crippen molar-refractivity contribution in [3.63, 3.8) is 0 Å². The predicted octanol–water partition coefficient (Wildman–Crippen LogP) is 9.31. The molecule has 3 aliphatic rings. The summed E-state index contributed by atoms with van der Waals surface area (Å²) in [5.41, 5.74) is 14.1. The Kier molecular flexibility index (Phi) is 6.17. The van der Waals surface area contributed by atoms with Crippen LogP contribution in [0, 0.1) is 0 Å². The molecular formula is C38H34BNS2. The molecule has 0 saturated carbocycles. The molecule has 0 fully saturated rings. The zero-order chi connectivity index (χ0) is 28.7. The van der Waals surface area contributed by atoms with Gasteiger partial charge in [-0.15, -0.1) is 0 Å². The van der Waals surface area contributed by atoms with Gasteiger partial charge in [-0.25, -0.2) is 0 Å². The molecule has 1 unspecified atom stereocenters. The highest BCUT2D eigenvalue weighted by Gasteiger charge is 2.39. The van der Waals surface area contributed by atoms with Crippen LogP contribution in [-0.2, 0) is 0 Å². The molecular weight excluding hydrogens is 545 g/mol. The molecule has 4 heteroatoms. The lowest BCUT2D eigenvalue weighted by Crippen LogP contribution is -2.58. The fourth-order valence-electron chi connectivity index (χ4n) is 7.24. The molecule has 3 heterocycles. The van der Waals surface area contributed by atoms with Crippen LogP contribution in [0.2, 0.25) is 0 Å². The predicted molar refractivity (Wildman–Crippen MR) is 183 cm³/mol. The average molecular weight is 580 g/mol. The van der Waals surface area contributed by atoms with Gasteiger partial charge in [0.1, 0.15) is 0 Å². The summed E-state index contributed by atoms with van der Waals surface area (Å²) in [5, 5.41) is 0. The molecule has 1 atom stereocenters. The Balaban J connectivity index is 1.54. The molecule has 206 valence electrons. The zero-order valence-corrected chi connectivity index (χ0v) is 26.4. The summed E-state index contributed by atoms with van der Waals surface area (Å²) in [6, 6.07) is 37.3. The van der Waals surface area contributed by atoms with Crippen LogP contribution in [-0.4, -0.2) is 6.71 Å². The largest absolute Gasteiger partial charge is 0.308 e. The Bertz CT molecular complexity index is 1890. The summed E-state index contributed by atoms with van der Waals surface area (Å²) in [6.07, 6.45) is 0. The third-order valence-electron chi connectivity index (χ3n) is 9.37. The van der Waals surface area contributed by atoms with Gasteiger partial charge >= 0.3 is 0 Å². The van der Waals surface area contributed by atoms with Gasteiger partial charge in [0, 0.05) is 31.2 Å². The molecule has 0 aromatic heterocycles. The number of fused-ring (bicyclic) bond motifs is 8. The number of anilines is 3. The Hall–Kier alpha value is -3.34. The Labute approximate surface area is 258 Å². The molecule has 0 N–H and O–H groups in total. The highest BCUT2D eigenvalue weighted by Crippen LogP contribution is 2.54. The van der Waals surface area contributed by atoms with Gasteiger partial charge in [-0.1, -0.05) is 129 Å². The van der Waals surface area contributed by atoms with Gasteiger partial charge < -0.3 is 4.90 Å². The smallest absolute Gasteiger partial charge is 0.244 e. The van der Waals surface area contributed by atoms with E-state index in [2.05, 4.69) is 137 Å². The summed E-state index contributed by atoms with van der Waals surface area (Å²) in [6.45, 7) is 12.1.